The highest BCUT2D eigenvalue weighted by molar-refractivity contribution is 5.90. The molecule has 0 atom stereocenters. The summed E-state index contributed by atoms with van der Waals surface area (Å²) in [6, 6.07) is 11.7. The maximum atomic E-state index is 13.5. The Bertz CT molecular complexity index is 1180. The highest BCUT2D eigenvalue weighted by Gasteiger charge is 2.34. The molecule has 0 unspecified atom stereocenters. The molecular weight excluding hydrogens is 381 g/mol. The van der Waals surface area contributed by atoms with Crippen molar-refractivity contribution >= 4 is 11.6 Å². The van der Waals surface area contributed by atoms with E-state index >= 15 is 0 Å². The van der Waals surface area contributed by atoms with E-state index in [1.54, 1.807) is 19.9 Å². The van der Waals surface area contributed by atoms with E-state index in [2.05, 4.69) is 20.1 Å². The lowest BCUT2D eigenvalue weighted by Crippen LogP contribution is -2.11. The van der Waals surface area contributed by atoms with Crippen LogP contribution in [0.3, 0.4) is 0 Å². The van der Waals surface area contributed by atoms with Gasteiger partial charge < -0.3 is 5.73 Å². The minimum absolute atomic E-state index is 0.0919. The topological polar surface area (TPSA) is 82.0 Å². The summed E-state index contributed by atoms with van der Waals surface area (Å²) < 4.78 is 41.9. The average Bonchev–Trinajstić information content (AvgIpc) is 3.18. The SMILES string of the molecule is CC(C)c1cc(-c2c(-c3ccccc3)nc(N)n3ncnc23)cc(C(F)(F)F)n1. The van der Waals surface area contributed by atoms with Crippen molar-refractivity contribution in [3.05, 3.63) is 60.2 Å². The molecule has 3 aromatic heterocycles. The molecule has 0 amide bonds. The summed E-state index contributed by atoms with van der Waals surface area (Å²) in [5.74, 6) is -0.110. The molecule has 1 aromatic carbocycles. The summed E-state index contributed by atoms with van der Waals surface area (Å²) in [4.78, 5) is 12.5. The predicted octanol–water partition coefficient (Wildman–Crippen LogP) is 4.58. The number of aromatic nitrogens is 5. The van der Waals surface area contributed by atoms with E-state index in [0.29, 0.717) is 33.7 Å². The van der Waals surface area contributed by atoms with E-state index in [1.807, 2.05) is 30.3 Å². The van der Waals surface area contributed by atoms with E-state index in [1.165, 1.54) is 10.8 Å². The Labute approximate surface area is 164 Å². The standard InChI is InChI=1S/C20H17F3N6/c1-11(2)14-8-13(9-15(27-14)20(21,22)23)16-17(12-6-4-3-5-7-12)28-19(24)29-18(16)25-10-26-29/h3-11H,1-2H3,(H2,24,28). The van der Waals surface area contributed by atoms with Crippen molar-refractivity contribution in [1.82, 2.24) is 24.6 Å². The Kier molecular flexibility index (Phi) is 4.45. The van der Waals surface area contributed by atoms with Gasteiger partial charge in [0, 0.05) is 11.3 Å². The molecule has 3 heterocycles. The highest BCUT2D eigenvalue weighted by Crippen LogP contribution is 2.38. The van der Waals surface area contributed by atoms with Gasteiger partial charge in [-0.3, -0.25) is 0 Å². The van der Waals surface area contributed by atoms with Crippen LogP contribution in [0, 0.1) is 0 Å². The molecule has 0 aliphatic rings. The molecule has 148 valence electrons. The molecule has 0 spiro atoms. The van der Waals surface area contributed by atoms with Crippen LogP contribution in [-0.4, -0.2) is 24.6 Å². The number of pyridine rings is 1. The first-order valence-electron chi connectivity index (χ1n) is 8.90. The molecule has 0 saturated carbocycles. The van der Waals surface area contributed by atoms with Gasteiger partial charge in [0.15, 0.2) is 5.65 Å². The van der Waals surface area contributed by atoms with Crippen LogP contribution in [0.1, 0.15) is 31.2 Å². The summed E-state index contributed by atoms with van der Waals surface area (Å²) in [6.45, 7) is 3.58. The molecule has 0 saturated heterocycles. The minimum Gasteiger partial charge on any atom is -0.368 e. The van der Waals surface area contributed by atoms with Gasteiger partial charge in [0.05, 0.1) is 11.3 Å². The van der Waals surface area contributed by atoms with Crippen molar-refractivity contribution in [2.75, 3.05) is 5.73 Å². The van der Waals surface area contributed by atoms with Gasteiger partial charge in [0.25, 0.3) is 0 Å². The van der Waals surface area contributed by atoms with Gasteiger partial charge in [0.1, 0.15) is 12.0 Å². The molecule has 4 rings (SSSR count). The molecular formula is C20H17F3N6. The third-order valence-electron chi connectivity index (χ3n) is 4.51. The second-order valence-electron chi connectivity index (χ2n) is 6.87. The Morgan fingerprint density at radius 2 is 1.72 bits per heavy atom. The van der Waals surface area contributed by atoms with Crippen LogP contribution in [-0.2, 0) is 6.18 Å². The maximum Gasteiger partial charge on any atom is 0.433 e. The van der Waals surface area contributed by atoms with Gasteiger partial charge in [-0.15, -0.1) is 0 Å². The van der Waals surface area contributed by atoms with E-state index in [-0.39, 0.29) is 11.9 Å². The first kappa shape index (κ1) is 18.9. The summed E-state index contributed by atoms with van der Waals surface area (Å²) in [7, 11) is 0. The molecule has 4 aromatic rings. The fourth-order valence-electron chi connectivity index (χ4n) is 3.11. The number of rotatable bonds is 3. The summed E-state index contributed by atoms with van der Waals surface area (Å²) in [6.07, 6.45) is -3.29. The van der Waals surface area contributed by atoms with Crippen LogP contribution in [0.4, 0.5) is 19.1 Å². The third-order valence-corrected chi connectivity index (χ3v) is 4.51. The van der Waals surface area contributed by atoms with E-state index < -0.39 is 11.9 Å². The zero-order valence-electron chi connectivity index (χ0n) is 15.6. The number of halogens is 3. The number of benzene rings is 1. The van der Waals surface area contributed by atoms with Crippen molar-refractivity contribution in [3.63, 3.8) is 0 Å². The normalized spacial score (nSPS) is 12.1. The zero-order chi connectivity index (χ0) is 20.8. The second-order valence-corrected chi connectivity index (χ2v) is 6.87. The molecule has 0 bridgehead atoms. The largest absolute Gasteiger partial charge is 0.433 e. The molecule has 0 aliphatic heterocycles. The first-order valence-corrected chi connectivity index (χ1v) is 8.90. The van der Waals surface area contributed by atoms with E-state index in [4.69, 9.17) is 5.73 Å². The fourth-order valence-corrected chi connectivity index (χ4v) is 3.11. The van der Waals surface area contributed by atoms with Gasteiger partial charge in [0.2, 0.25) is 5.95 Å². The number of nitrogens with two attached hydrogens (primary N) is 1. The van der Waals surface area contributed by atoms with Crippen molar-refractivity contribution in [2.45, 2.75) is 25.9 Å². The van der Waals surface area contributed by atoms with Crippen LogP contribution < -0.4 is 5.73 Å². The Balaban J connectivity index is 2.10. The summed E-state index contributed by atoms with van der Waals surface area (Å²) in [5.41, 5.74) is 7.56. The smallest absolute Gasteiger partial charge is 0.368 e. The quantitative estimate of drug-likeness (QED) is 0.546. The summed E-state index contributed by atoms with van der Waals surface area (Å²) >= 11 is 0. The Morgan fingerprint density at radius 1 is 1.00 bits per heavy atom. The lowest BCUT2D eigenvalue weighted by molar-refractivity contribution is -0.141. The Hall–Kier alpha value is -3.49. The zero-order valence-corrected chi connectivity index (χ0v) is 15.6. The summed E-state index contributed by atoms with van der Waals surface area (Å²) in [5, 5.41) is 4.05. The van der Waals surface area contributed by atoms with Crippen molar-refractivity contribution in [3.8, 4) is 22.4 Å². The van der Waals surface area contributed by atoms with Crippen LogP contribution in [0.2, 0.25) is 0 Å². The van der Waals surface area contributed by atoms with Crippen LogP contribution in [0.15, 0.2) is 48.8 Å². The van der Waals surface area contributed by atoms with E-state index in [0.717, 1.165) is 6.07 Å². The van der Waals surface area contributed by atoms with Gasteiger partial charge in [-0.05, 0) is 23.6 Å². The third kappa shape index (κ3) is 3.39. The van der Waals surface area contributed by atoms with Crippen LogP contribution in [0.5, 0.6) is 0 Å². The van der Waals surface area contributed by atoms with Gasteiger partial charge in [-0.1, -0.05) is 44.2 Å². The fraction of sp³-hybridized carbons (Fsp3) is 0.200. The average molecular weight is 398 g/mol. The second kappa shape index (κ2) is 6.84. The van der Waals surface area contributed by atoms with Crippen LogP contribution >= 0.6 is 0 Å². The molecule has 9 heteroatoms. The monoisotopic (exact) mass is 398 g/mol. The molecule has 29 heavy (non-hydrogen) atoms. The predicted molar refractivity (Wildman–Crippen MR) is 103 cm³/mol. The van der Waals surface area contributed by atoms with Gasteiger partial charge in [-0.2, -0.15) is 22.8 Å². The minimum atomic E-state index is -4.59. The van der Waals surface area contributed by atoms with Gasteiger partial charge in [-0.25, -0.2) is 15.0 Å². The maximum absolute atomic E-state index is 13.5. The molecule has 0 aliphatic carbocycles. The molecule has 0 radical (unpaired) electrons. The Morgan fingerprint density at radius 3 is 2.38 bits per heavy atom. The number of nitrogens with zero attached hydrogens (tertiary/aromatic N) is 5. The van der Waals surface area contributed by atoms with Crippen molar-refractivity contribution in [1.29, 1.82) is 0 Å². The molecule has 2 N–H and O–H groups in total. The lowest BCUT2D eigenvalue weighted by atomic mass is 9.97. The van der Waals surface area contributed by atoms with Crippen molar-refractivity contribution < 1.29 is 13.2 Å². The highest BCUT2D eigenvalue weighted by atomic mass is 19.4. The molecule has 0 fully saturated rings. The number of nitrogen functional groups attached to an aromatic ring is 1. The van der Waals surface area contributed by atoms with Gasteiger partial charge >= 0.3 is 6.18 Å². The van der Waals surface area contributed by atoms with E-state index in [9.17, 15) is 13.2 Å². The lowest BCUT2D eigenvalue weighted by Gasteiger charge is -2.16. The number of anilines is 1. The number of hydrogen-bond donors (Lipinski definition) is 1. The first-order chi connectivity index (χ1) is 13.8. The number of fused-ring (bicyclic) bond motifs is 1. The van der Waals surface area contributed by atoms with Crippen molar-refractivity contribution in [2.24, 2.45) is 0 Å². The number of hydrogen-bond acceptors (Lipinski definition) is 5. The number of alkyl halides is 3. The molecule has 6 nitrogen and oxygen atoms in total. The van der Waals surface area contributed by atoms with Crippen LogP contribution in [0.25, 0.3) is 28.0 Å².